The van der Waals surface area contributed by atoms with E-state index in [0.29, 0.717) is 11.3 Å². The average molecular weight is 265 g/mol. The van der Waals surface area contributed by atoms with Gasteiger partial charge in [0.1, 0.15) is 0 Å². The molecule has 0 aliphatic carbocycles. The summed E-state index contributed by atoms with van der Waals surface area (Å²) in [5.74, 6) is 0. The number of nitriles is 1. The number of hydrogen-bond donors (Lipinski definition) is 2. The van der Waals surface area contributed by atoms with E-state index in [1.165, 1.54) is 5.56 Å². The molecule has 0 heterocycles. The Morgan fingerprint density at radius 2 is 1.75 bits per heavy atom. The highest BCUT2D eigenvalue weighted by Crippen LogP contribution is 2.32. The Labute approximate surface area is 120 Å². The van der Waals surface area contributed by atoms with Gasteiger partial charge in [0, 0.05) is 5.69 Å². The number of nitrogens with one attached hydrogen (secondary N) is 1. The number of nitrogens with zero attached hydrogens (tertiary/aromatic N) is 1. The van der Waals surface area contributed by atoms with Crippen LogP contribution in [0.2, 0.25) is 0 Å². The molecule has 0 aliphatic heterocycles. The monoisotopic (exact) mass is 265 g/mol. The molecule has 0 unspecified atom stereocenters. The molecule has 0 fully saturated rings. The second-order valence-electron chi connectivity index (χ2n) is 5.83. The van der Waals surface area contributed by atoms with Crippen molar-refractivity contribution in [3.05, 3.63) is 53.6 Å². The Balaban J connectivity index is 2.44. The molecule has 0 radical (unpaired) electrons. The van der Waals surface area contributed by atoms with Crippen molar-refractivity contribution in [2.24, 2.45) is 0 Å². The van der Waals surface area contributed by atoms with Gasteiger partial charge in [-0.2, -0.15) is 5.26 Å². The lowest BCUT2D eigenvalue weighted by molar-refractivity contribution is 0.592. The standard InChI is InChI=1S/C17H19N3/c1-17(2,3)13-6-4-5-7-15(13)20-16-10-12(11-18)8-9-14(16)19/h4-10,20H,19H2,1-3H3. The maximum atomic E-state index is 8.98. The summed E-state index contributed by atoms with van der Waals surface area (Å²) in [5.41, 5.74) is 10.2. The Bertz CT molecular complexity index is 661. The number of benzene rings is 2. The quantitative estimate of drug-likeness (QED) is 0.801. The highest BCUT2D eigenvalue weighted by atomic mass is 14.9. The predicted octanol–water partition coefficient (Wildman–Crippen LogP) is 4.18. The van der Waals surface area contributed by atoms with E-state index in [0.717, 1.165) is 11.4 Å². The zero-order valence-corrected chi connectivity index (χ0v) is 12.1. The minimum atomic E-state index is 0.0329. The van der Waals surface area contributed by atoms with Crippen molar-refractivity contribution in [3.8, 4) is 6.07 Å². The van der Waals surface area contributed by atoms with Crippen LogP contribution in [0.25, 0.3) is 0 Å². The van der Waals surface area contributed by atoms with Crippen LogP contribution in [0, 0.1) is 11.3 Å². The van der Waals surface area contributed by atoms with E-state index >= 15 is 0 Å². The molecular formula is C17H19N3. The second-order valence-corrected chi connectivity index (χ2v) is 5.83. The normalized spacial score (nSPS) is 10.9. The van der Waals surface area contributed by atoms with Gasteiger partial charge in [-0.3, -0.25) is 0 Å². The van der Waals surface area contributed by atoms with Crippen LogP contribution in [0.1, 0.15) is 31.9 Å². The third-order valence-corrected chi connectivity index (χ3v) is 3.19. The fourth-order valence-electron chi connectivity index (χ4n) is 2.13. The summed E-state index contributed by atoms with van der Waals surface area (Å²) >= 11 is 0. The average Bonchev–Trinajstić information content (AvgIpc) is 2.41. The number of para-hydroxylation sites is 1. The molecule has 0 atom stereocenters. The predicted molar refractivity (Wildman–Crippen MR) is 84.0 cm³/mol. The van der Waals surface area contributed by atoms with Gasteiger partial charge in [0.2, 0.25) is 0 Å². The van der Waals surface area contributed by atoms with Crippen LogP contribution < -0.4 is 11.1 Å². The van der Waals surface area contributed by atoms with Crippen molar-refractivity contribution >= 4 is 17.1 Å². The molecule has 102 valence electrons. The summed E-state index contributed by atoms with van der Waals surface area (Å²) in [5, 5.41) is 12.3. The van der Waals surface area contributed by atoms with Crippen LogP contribution >= 0.6 is 0 Å². The number of rotatable bonds is 2. The molecule has 2 aromatic rings. The maximum absolute atomic E-state index is 8.98. The lowest BCUT2D eigenvalue weighted by atomic mass is 9.86. The third-order valence-electron chi connectivity index (χ3n) is 3.19. The van der Waals surface area contributed by atoms with Gasteiger partial charge in [0.15, 0.2) is 0 Å². The van der Waals surface area contributed by atoms with E-state index in [1.807, 2.05) is 18.2 Å². The van der Waals surface area contributed by atoms with Gasteiger partial charge >= 0.3 is 0 Å². The Hall–Kier alpha value is -2.47. The smallest absolute Gasteiger partial charge is 0.0992 e. The molecule has 20 heavy (non-hydrogen) atoms. The molecule has 3 heteroatoms. The molecule has 3 nitrogen and oxygen atoms in total. The highest BCUT2D eigenvalue weighted by Gasteiger charge is 2.17. The van der Waals surface area contributed by atoms with Crippen LogP contribution in [0.4, 0.5) is 17.1 Å². The number of hydrogen-bond acceptors (Lipinski definition) is 3. The van der Waals surface area contributed by atoms with E-state index in [2.05, 4.69) is 38.2 Å². The molecule has 0 aromatic heterocycles. The van der Waals surface area contributed by atoms with Crippen LogP contribution in [-0.4, -0.2) is 0 Å². The van der Waals surface area contributed by atoms with Crippen LogP contribution in [0.15, 0.2) is 42.5 Å². The summed E-state index contributed by atoms with van der Waals surface area (Å²) in [6, 6.07) is 15.5. The van der Waals surface area contributed by atoms with Gasteiger partial charge in [0.25, 0.3) is 0 Å². The molecular weight excluding hydrogens is 246 g/mol. The number of nitrogens with two attached hydrogens (primary N) is 1. The molecule has 2 rings (SSSR count). The van der Waals surface area contributed by atoms with Crippen LogP contribution in [0.3, 0.4) is 0 Å². The maximum Gasteiger partial charge on any atom is 0.0992 e. The van der Waals surface area contributed by atoms with Gasteiger partial charge in [-0.05, 0) is 35.2 Å². The Morgan fingerprint density at radius 1 is 1.05 bits per heavy atom. The van der Waals surface area contributed by atoms with Crippen LogP contribution in [0.5, 0.6) is 0 Å². The molecule has 0 saturated heterocycles. The topological polar surface area (TPSA) is 61.8 Å². The fourth-order valence-corrected chi connectivity index (χ4v) is 2.13. The largest absolute Gasteiger partial charge is 0.397 e. The van der Waals surface area contributed by atoms with Crippen molar-refractivity contribution in [3.63, 3.8) is 0 Å². The SMILES string of the molecule is CC(C)(C)c1ccccc1Nc1cc(C#N)ccc1N. The molecule has 0 aliphatic rings. The number of nitrogen functional groups attached to an aromatic ring is 1. The highest BCUT2D eigenvalue weighted by molar-refractivity contribution is 5.75. The van der Waals surface area contributed by atoms with Crippen LogP contribution in [-0.2, 0) is 5.41 Å². The summed E-state index contributed by atoms with van der Waals surface area (Å²) in [6.45, 7) is 6.51. The Morgan fingerprint density at radius 3 is 2.40 bits per heavy atom. The van der Waals surface area contributed by atoms with Gasteiger partial charge < -0.3 is 11.1 Å². The summed E-state index contributed by atoms with van der Waals surface area (Å²) in [6.07, 6.45) is 0. The van der Waals surface area contributed by atoms with Crippen molar-refractivity contribution in [2.75, 3.05) is 11.1 Å². The van der Waals surface area contributed by atoms with Crippen molar-refractivity contribution in [1.82, 2.24) is 0 Å². The minimum Gasteiger partial charge on any atom is -0.397 e. The van der Waals surface area contributed by atoms with E-state index in [4.69, 9.17) is 11.0 Å². The molecule has 0 amide bonds. The lowest BCUT2D eigenvalue weighted by Gasteiger charge is -2.23. The first-order valence-electron chi connectivity index (χ1n) is 6.58. The third kappa shape index (κ3) is 2.92. The first-order chi connectivity index (χ1) is 9.41. The Kier molecular flexibility index (Phi) is 3.67. The summed E-state index contributed by atoms with van der Waals surface area (Å²) < 4.78 is 0. The van der Waals surface area contributed by atoms with E-state index in [1.54, 1.807) is 18.2 Å². The zero-order chi connectivity index (χ0) is 14.8. The lowest BCUT2D eigenvalue weighted by Crippen LogP contribution is -2.13. The molecule has 0 saturated carbocycles. The zero-order valence-electron chi connectivity index (χ0n) is 12.1. The second kappa shape index (κ2) is 5.26. The molecule has 2 aromatic carbocycles. The van der Waals surface area contributed by atoms with Crippen molar-refractivity contribution in [1.29, 1.82) is 5.26 Å². The minimum absolute atomic E-state index is 0.0329. The van der Waals surface area contributed by atoms with Gasteiger partial charge in [-0.1, -0.05) is 39.0 Å². The van der Waals surface area contributed by atoms with Crippen molar-refractivity contribution < 1.29 is 0 Å². The number of anilines is 3. The van der Waals surface area contributed by atoms with E-state index < -0.39 is 0 Å². The van der Waals surface area contributed by atoms with Gasteiger partial charge in [0.05, 0.1) is 23.0 Å². The van der Waals surface area contributed by atoms with E-state index in [9.17, 15) is 0 Å². The first kappa shape index (κ1) is 14.0. The molecule has 0 spiro atoms. The summed E-state index contributed by atoms with van der Waals surface area (Å²) in [7, 11) is 0. The van der Waals surface area contributed by atoms with Crippen molar-refractivity contribution in [2.45, 2.75) is 26.2 Å². The van der Waals surface area contributed by atoms with Gasteiger partial charge in [-0.15, -0.1) is 0 Å². The fraction of sp³-hybridized carbons (Fsp3) is 0.235. The van der Waals surface area contributed by atoms with E-state index in [-0.39, 0.29) is 5.41 Å². The summed E-state index contributed by atoms with van der Waals surface area (Å²) in [4.78, 5) is 0. The molecule has 3 N–H and O–H groups in total. The first-order valence-corrected chi connectivity index (χ1v) is 6.58. The molecule has 0 bridgehead atoms. The van der Waals surface area contributed by atoms with Gasteiger partial charge in [-0.25, -0.2) is 0 Å².